The number of amides is 2. The molecule has 0 spiro atoms. The SMILES string of the molecule is CCN(CC)C(=O)c1cccc(NC(=O)/C(C#N)=C/c2cc(C)n(C(C)COC)c2C)c1. The molecule has 1 heterocycles. The van der Waals surface area contributed by atoms with Crippen molar-refractivity contribution >= 4 is 23.6 Å². The maximum atomic E-state index is 12.8. The van der Waals surface area contributed by atoms with E-state index < -0.39 is 5.91 Å². The molecule has 2 rings (SSSR count). The Kier molecular flexibility index (Phi) is 8.80. The van der Waals surface area contributed by atoms with Crippen LogP contribution in [0.3, 0.4) is 0 Å². The summed E-state index contributed by atoms with van der Waals surface area (Å²) in [6.07, 6.45) is 1.60. The molecule has 7 nitrogen and oxygen atoms in total. The first-order valence-corrected chi connectivity index (χ1v) is 10.8. The molecule has 0 aliphatic rings. The predicted octanol–water partition coefficient (Wildman–Crippen LogP) is 4.34. The number of aromatic nitrogens is 1. The Morgan fingerprint density at radius 2 is 1.94 bits per heavy atom. The fourth-order valence-electron chi connectivity index (χ4n) is 3.87. The van der Waals surface area contributed by atoms with Crippen LogP contribution < -0.4 is 5.32 Å². The van der Waals surface area contributed by atoms with Crippen molar-refractivity contribution in [3.05, 3.63) is 58.4 Å². The van der Waals surface area contributed by atoms with E-state index in [2.05, 4.69) is 16.8 Å². The number of nitrogens with one attached hydrogen (secondary N) is 1. The van der Waals surface area contributed by atoms with Crippen LogP contribution in [-0.2, 0) is 9.53 Å². The number of methoxy groups -OCH3 is 1. The van der Waals surface area contributed by atoms with Gasteiger partial charge in [0.05, 0.1) is 12.6 Å². The second kappa shape index (κ2) is 11.3. The zero-order chi connectivity index (χ0) is 23.8. The number of ether oxygens (including phenoxy) is 1. The molecule has 1 aromatic carbocycles. The fraction of sp³-hybridized carbons (Fsp3) is 0.400. The maximum Gasteiger partial charge on any atom is 0.266 e. The van der Waals surface area contributed by atoms with E-state index in [1.807, 2.05) is 39.8 Å². The third-order valence-corrected chi connectivity index (χ3v) is 5.46. The van der Waals surface area contributed by atoms with Crippen LogP contribution in [0.25, 0.3) is 6.08 Å². The summed E-state index contributed by atoms with van der Waals surface area (Å²) in [6, 6.07) is 10.8. The van der Waals surface area contributed by atoms with Gasteiger partial charge >= 0.3 is 0 Å². The summed E-state index contributed by atoms with van der Waals surface area (Å²) in [6.45, 7) is 11.6. The lowest BCUT2D eigenvalue weighted by Gasteiger charge is -2.19. The number of nitriles is 1. The van der Waals surface area contributed by atoms with Crippen molar-refractivity contribution in [2.45, 2.75) is 40.7 Å². The van der Waals surface area contributed by atoms with Crippen molar-refractivity contribution in [3.63, 3.8) is 0 Å². The van der Waals surface area contributed by atoms with E-state index in [1.165, 1.54) is 0 Å². The van der Waals surface area contributed by atoms with E-state index >= 15 is 0 Å². The molecule has 0 bridgehead atoms. The van der Waals surface area contributed by atoms with Gasteiger partial charge in [-0.05, 0) is 70.5 Å². The summed E-state index contributed by atoms with van der Waals surface area (Å²) in [4.78, 5) is 27.1. The van der Waals surface area contributed by atoms with Gasteiger partial charge in [-0.3, -0.25) is 9.59 Å². The highest BCUT2D eigenvalue weighted by atomic mass is 16.5. The van der Waals surface area contributed by atoms with Gasteiger partial charge in [-0.2, -0.15) is 5.26 Å². The van der Waals surface area contributed by atoms with Gasteiger partial charge in [0.2, 0.25) is 0 Å². The van der Waals surface area contributed by atoms with E-state index in [-0.39, 0.29) is 17.5 Å². The van der Waals surface area contributed by atoms with Gasteiger partial charge in [-0.15, -0.1) is 0 Å². The van der Waals surface area contributed by atoms with Crippen molar-refractivity contribution < 1.29 is 14.3 Å². The predicted molar refractivity (Wildman–Crippen MR) is 126 cm³/mol. The first-order valence-electron chi connectivity index (χ1n) is 10.8. The lowest BCUT2D eigenvalue weighted by molar-refractivity contribution is -0.112. The van der Waals surface area contributed by atoms with Crippen molar-refractivity contribution in [1.82, 2.24) is 9.47 Å². The summed E-state index contributed by atoms with van der Waals surface area (Å²) >= 11 is 0. The monoisotopic (exact) mass is 436 g/mol. The number of anilines is 1. The van der Waals surface area contributed by atoms with Crippen LogP contribution in [-0.4, -0.2) is 48.1 Å². The van der Waals surface area contributed by atoms with E-state index in [0.29, 0.717) is 30.9 Å². The van der Waals surface area contributed by atoms with Crippen LogP contribution in [0.5, 0.6) is 0 Å². The molecular formula is C25H32N4O3. The Bertz CT molecular complexity index is 1040. The Balaban J connectivity index is 2.27. The van der Waals surface area contributed by atoms with Crippen molar-refractivity contribution in [2.75, 3.05) is 32.1 Å². The number of carbonyl (C=O) groups is 2. The normalized spacial score (nSPS) is 12.2. The topological polar surface area (TPSA) is 87.4 Å². The third kappa shape index (κ3) is 5.65. The molecule has 2 amide bonds. The highest BCUT2D eigenvalue weighted by Crippen LogP contribution is 2.23. The van der Waals surface area contributed by atoms with Gasteiger partial charge in [-0.25, -0.2) is 0 Å². The Labute approximate surface area is 190 Å². The number of rotatable bonds is 9. The molecule has 1 atom stereocenters. The Hall–Kier alpha value is -3.37. The van der Waals surface area contributed by atoms with Crippen molar-refractivity contribution in [2.24, 2.45) is 0 Å². The van der Waals surface area contributed by atoms with E-state index in [0.717, 1.165) is 17.0 Å². The van der Waals surface area contributed by atoms with Gasteiger partial charge in [0.15, 0.2) is 0 Å². The molecule has 1 unspecified atom stereocenters. The van der Waals surface area contributed by atoms with Gasteiger partial charge in [0.1, 0.15) is 11.6 Å². The highest BCUT2D eigenvalue weighted by molar-refractivity contribution is 6.10. The number of nitrogens with zero attached hydrogens (tertiary/aromatic N) is 3. The molecule has 7 heteroatoms. The van der Waals surface area contributed by atoms with Crippen LogP contribution in [0.2, 0.25) is 0 Å². The summed E-state index contributed by atoms with van der Waals surface area (Å²) in [5.41, 5.74) is 3.74. The molecule has 1 aromatic heterocycles. The second-order valence-electron chi connectivity index (χ2n) is 7.68. The summed E-state index contributed by atoms with van der Waals surface area (Å²) in [5, 5.41) is 12.3. The first-order chi connectivity index (χ1) is 15.3. The van der Waals surface area contributed by atoms with E-state index in [1.54, 1.807) is 42.4 Å². The molecule has 0 saturated carbocycles. The van der Waals surface area contributed by atoms with Crippen molar-refractivity contribution in [3.8, 4) is 6.07 Å². The maximum absolute atomic E-state index is 12.8. The molecule has 1 N–H and O–H groups in total. The molecular weight excluding hydrogens is 404 g/mol. The minimum absolute atomic E-state index is 0.00915. The zero-order valence-electron chi connectivity index (χ0n) is 19.7. The van der Waals surface area contributed by atoms with Gasteiger partial charge in [0.25, 0.3) is 11.8 Å². The molecule has 0 aliphatic heterocycles. The number of hydrogen-bond acceptors (Lipinski definition) is 4. The average Bonchev–Trinajstić information content (AvgIpc) is 3.05. The molecule has 2 aromatic rings. The van der Waals surface area contributed by atoms with Crippen LogP contribution in [0.4, 0.5) is 5.69 Å². The van der Waals surface area contributed by atoms with Crippen LogP contribution in [0.1, 0.15) is 54.1 Å². The van der Waals surface area contributed by atoms with Gasteiger partial charge in [-0.1, -0.05) is 6.07 Å². The minimum Gasteiger partial charge on any atom is -0.383 e. The lowest BCUT2D eigenvalue weighted by Crippen LogP contribution is -2.30. The van der Waals surface area contributed by atoms with Gasteiger partial charge < -0.3 is 19.5 Å². The summed E-state index contributed by atoms with van der Waals surface area (Å²) in [5.74, 6) is -0.616. The summed E-state index contributed by atoms with van der Waals surface area (Å²) < 4.78 is 7.39. The summed E-state index contributed by atoms with van der Waals surface area (Å²) in [7, 11) is 1.66. The number of benzene rings is 1. The number of hydrogen-bond donors (Lipinski definition) is 1. The van der Waals surface area contributed by atoms with E-state index in [4.69, 9.17) is 4.74 Å². The zero-order valence-corrected chi connectivity index (χ0v) is 19.7. The lowest BCUT2D eigenvalue weighted by atomic mass is 10.1. The molecule has 0 saturated heterocycles. The van der Waals surface area contributed by atoms with E-state index in [9.17, 15) is 14.9 Å². The number of aryl methyl sites for hydroxylation is 1. The van der Waals surface area contributed by atoms with Crippen LogP contribution in [0.15, 0.2) is 35.9 Å². The highest BCUT2D eigenvalue weighted by Gasteiger charge is 2.17. The minimum atomic E-state index is -0.519. The molecule has 0 fully saturated rings. The molecule has 0 aliphatic carbocycles. The van der Waals surface area contributed by atoms with Crippen LogP contribution in [0, 0.1) is 25.2 Å². The first kappa shape index (κ1) is 24.9. The number of carbonyl (C=O) groups excluding carboxylic acids is 2. The van der Waals surface area contributed by atoms with Crippen LogP contribution >= 0.6 is 0 Å². The van der Waals surface area contributed by atoms with Gasteiger partial charge in [0, 0.05) is 42.8 Å². The smallest absolute Gasteiger partial charge is 0.266 e. The fourth-order valence-corrected chi connectivity index (χ4v) is 3.87. The molecule has 170 valence electrons. The van der Waals surface area contributed by atoms with Crippen molar-refractivity contribution in [1.29, 1.82) is 5.26 Å². The Morgan fingerprint density at radius 1 is 1.25 bits per heavy atom. The third-order valence-electron chi connectivity index (χ3n) is 5.46. The molecule has 32 heavy (non-hydrogen) atoms. The standard InChI is InChI=1S/C25H32N4O3/c1-7-28(8-2)25(31)20-10-9-11-23(14-20)27-24(30)22(15-26)13-21-12-17(3)29(19(21)5)18(4)16-32-6/h9-14,18H,7-8,16H2,1-6H3,(H,27,30)/b22-13+. The largest absolute Gasteiger partial charge is 0.383 e. The average molecular weight is 437 g/mol. The second-order valence-corrected chi connectivity index (χ2v) is 7.68. The quantitative estimate of drug-likeness (QED) is 0.468. The Morgan fingerprint density at radius 3 is 2.53 bits per heavy atom. The molecule has 0 radical (unpaired) electrons.